The highest BCUT2D eigenvalue weighted by atomic mass is 32.2. The minimum absolute atomic E-state index is 0.239. The van der Waals surface area contributed by atoms with Gasteiger partial charge in [-0.2, -0.15) is 11.8 Å². The molecule has 2 aromatic carbocycles. The predicted molar refractivity (Wildman–Crippen MR) is 118 cm³/mol. The molecule has 2 aromatic rings. The summed E-state index contributed by atoms with van der Waals surface area (Å²) in [5.41, 5.74) is 2.01. The molecule has 0 aliphatic heterocycles. The van der Waals surface area contributed by atoms with E-state index in [1.165, 1.54) is 22.1 Å². The maximum absolute atomic E-state index is 13.6. The first-order chi connectivity index (χ1) is 13.7. The lowest BCUT2D eigenvalue weighted by molar-refractivity contribution is -0.122. The molecule has 29 heavy (non-hydrogen) atoms. The van der Waals surface area contributed by atoms with Crippen molar-refractivity contribution in [2.24, 2.45) is 0 Å². The first-order valence-electron chi connectivity index (χ1n) is 9.39. The third kappa shape index (κ3) is 6.75. The molecule has 8 heteroatoms. The van der Waals surface area contributed by atoms with E-state index >= 15 is 0 Å². The molecule has 0 spiro atoms. The van der Waals surface area contributed by atoms with Crippen molar-refractivity contribution >= 4 is 33.4 Å². The van der Waals surface area contributed by atoms with Crippen molar-refractivity contribution in [1.82, 2.24) is 5.32 Å². The second-order valence-electron chi connectivity index (χ2n) is 6.76. The number of sulfonamides is 1. The SMILES string of the molecule is CC[C@@H](C(=O)NCCSCc1ccccc1F)N(c1cccc(C)c1)S(C)(=O)=O. The third-order valence-electron chi connectivity index (χ3n) is 4.35. The van der Waals surface area contributed by atoms with Crippen LogP contribution >= 0.6 is 11.8 Å². The summed E-state index contributed by atoms with van der Waals surface area (Å²) < 4.78 is 39.6. The zero-order chi connectivity index (χ0) is 21.4. The van der Waals surface area contributed by atoms with Crippen LogP contribution in [0.5, 0.6) is 0 Å². The Kier molecular flexibility index (Phi) is 8.52. The van der Waals surface area contributed by atoms with E-state index in [4.69, 9.17) is 0 Å². The number of nitrogens with zero attached hydrogens (tertiary/aromatic N) is 1. The number of halogens is 1. The molecule has 158 valence electrons. The fourth-order valence-electron chi connectivity index (χ4n) is 2.99. The summed E-state index contributed by atoms with van der Waals surface area (Å²) in [7, 11) is -3.64. The fourth-order valence-corrected chi connectivity index (χ4v) is 5.04. The molecule has 0 heterocycles. The molecule has 1 N–H and O–H groups in total. The maximum atomic E-state index is 13.6. The van der Waals surface area contributed by atoms with Gasteiger partial charge in [-0.3, -0.25) is 9.10 Å². The van der Waals surface area contributed by atoms with Crippen molar-refractivity contribution in [3.05, 3.63) is 65.5 Å². The summed E-state index contributed by atoms with van der Waals surface area (Å²) in [6.07, 6.45) is 1.45. The Labute approximate surface area is 176 Å². The van der Waals surface area contributed by atoms with Gasteiger partial charge in [-0.05, 0) is 42.7 Å². The van der Waals surface area contributed by atoms with Gasteiger partial charge in [0.25, 0.3) is 0 Å². The number of carbonyl (C=O) groups is 1. The van der Waals surface area contributed by atoms with E-state index in [2.05, 4.69) is 5.32 Å². The van der Waals surface area contributed by atoms with Crippen LogP contribution in [0.4, 0.5) is 10.1 Å². The van der Waals surface area contributed by atoms with Crippen molar-refractivity contribution < 1.29 is 17.6 Å². The van der Waals surface area contributed by atoms with E-state index in [0.717, 1.165) is 11.8 Å². The number of thioether (sulfide) groups is 1. The zero-order valence-electron chi connectivity index (χ0n) is 16.9. The highest BCUT2D eigenvalue weighted by molar-refractivity contribution is 7.98. The third-order valence-corrected chi connectivity index (χ3v) is 6.53. The van der Waals surface area contributed by atoms with Gasteiger partial charge in [-0.25, -0.2) is 12.8 Å². The summed E-state index contributed by atoms with van der Waals surface area (Å²) in [6, 6.07) is 12.9. The van der Waals surface area contributed by atoms with Crippen LogP contribution in [0.15, 0.2) is 48.5 Å². The van der Waals surface area contributed by atoms with Gasteiger partial charge in [-0.1, -0.05) is 37.3 Å². The number of aryl methyl sites for hydroxylation is 1. The minimum Gasteiger partial charge on any atom is -0.353 e. The van der Waals surface area contributed by atoms with E-state index in [9.17, 15) is 17.6 Å². The predicted octanol–water partition coefficient (Wildman–Crippen LogP) is 3.73. The van der Waals surface area contributed by atoms with Crippen molar-refractivity contribution in [2.75, 3.05) is 22.9 Å². The second-order valence-corrected chi connectivity index (χ2v) is 9.72. The molecule has 0 bridgehead atoms. The Morgan fingerprint density at radius 3 is 2.55 bits per heavy atom. The van der Waals surface area contributed by atoms with E-state index < -0.39 is 16.1 Å². The monoisotopic (exact) mass is 438 g/mol. The lowest BCUT2D eigenvalue weighted by Gasteiger charge is -2.30. The molecule has 0 saturated carbocycles. The van der Waals surface area contributed by atoms with Gasteiger partial charge in [-0.15, -0.1) is 0 Å². The van der Waals surface area contributed by atoms with E-state index in [1.54, 1.807) is 43.3 Å². The number of nitrogens with one attached hydrogen (secondary N) is 1. The molecule has 0 unspecified atom stereocenters. The Morgan fingerprint density at radius 2 is 1.93 bits per heavy atom. The average Bonchev–Trinajstić information content (AvgIpc) is 2.65. The van der Waals surface area contributed by atoms with Crippen LogP contribution in [0, 0.1) is 12.7 Å². The minimum atomic E-state index is -3.64. The highest BCUT2D eigenvalue weighted by Crippen LogP contribution is 2.23. The fraction of sp³-hybridized carbons (Fsp3) is 0.381. The number of hydrogen-bond acceptors (Lipinski definition) is 4. The maximum Gasteiger partial charge on any atom is 0.243 e. The molecule has 0 aliphatic carbocycles. The average molecular weight is 439 g/mol. The van der Waals surface area contributed by atoms with Gasteiger partial charge in [0.15, 0.2) is 0 Å². The van der Waals surface area contributed by atoms with Crippen molar-refractivity contribution in [1.29, 1.82) is 0 Å². The van der Waals surface area contributed by atoms with Crippen LogP contribution in [-0.2, 0) is 20.6 Å². The summed E-state index contributed by atoms with van der Waals surface area (Å²) in [5, 5.41) is 2.81. The normalized spacial score (nSPS) is 12.4. The van der Waals surface area contributed by atoms with Gasteiger partial charge < -0.3 is 5.32 Å². The van der Waals surface area contributed by atoms with Crippen LogP contribution in [-0.4, -0.2) is 38.9 Å². The molecule has 0 saturated heterocycles. The quantitative estimate of drug-likeness (QED) is 0.574. The van der Waals surface area contributed by atoms with Crippen molar-refractivity contribution in [3.8, 4) is 0 Å². The Balaban J connectivity index is 1.98. The van der Waals surface area contributed by atoms with Crippen LogP contribution in [0.25, 0.3) is 0 Å². The van der Waals surface area contributed by atoms with Crippen LogP contribution in [0.2, 0.25) is 0 Å². The standard InChI is InChI=1S/C21H27FN2O3S2/c1-4-20(24(29(3,26)27)18-10-7-8-16(2)14-18)21(25)23-12-13-28-15-17-9-5-6-11-19(17)22/h5-11,14,20H,4,12-13,15H2,1-3H3,(H,23,25)/t20-/m0/s1. The van der Waals surface area contributed by atoms with Crippen molar-refractivity contribution in [3.63, 3.8) is 0 Å². The molecule has 0 fully saturated rings. The molecule has 0 aliphatic rings. The molecule has 5 nitrogen and oxygen atoms in total. The first-order valence-corrected chi connectivity index (χ1v) is 12.4. The number of anilines is 1. The lowest BCUT2D eigenvalue weighted by atomic mass is 10.1. The van der Waals surface area contributed by atoms with E-state index in [1.807, 2.05) is 13.0 Å². The van der Waals surface area contributed by atoms with E-state index in [0.29, 0.717) is 35.7 Å². The molecular weight excluding hydrogens is 411 g/mol. The van der Waals surface area contributed by atoms with Gasteiger partial charge in [0.1, 0.15) is 11.9 Å². The summed E-state index contributed by atoms with van der Waals surface area (Å²) in [6.45, 7) is 4.03. The highest BCUT2D eigenvalue weighted by Gasteiger charge is 2.31. The molecule has 1 atom stereocenters. The second kappa shape index (κ2) is 10.6. The largest absolute Gasteiger partial charge is 0.353 e. The van der Waals surface area contributed by atoms with Gasteiger partial charge in [0.05, 0.1) is 11.9 Å². The summed E-state index contributed by atoms with van der Waals surface area (Å²) in [4.78, 5) is 12.7. The topological polar surface area (TPSA) is 66.5 Å². The van der Waals surface area contributed by atoms with Crippen LogP contribution in [0.3, 0.4) is 0 Å². The van der Waals surface area contributed by atoms with Gasteiger partial charge >= 0.3 is 0 Å². The van der Waals surface area contributed by atoms with Crippen LogP contribution in [0.1, 0.15) is 24.5 Å². The van der Waals surface area contributed by atoms with Crippen LogP contribution < -0.4 is 9.62 Å². The number of benzene rings is 2. The lowest BCUT2D eigenvalue weighted by Crippen LogP contribution is -2.49. The van der Waals surface area contributed by atoms with Crippen molar-refractivity contribution in [2.45, 2.75) is 32.1 Å². The first kappa shape index (κ1) is 23.2. The molecular formula is C21H27FN2O3S2. The Bertz CT molecular complexity index is 935. The van der Waals surface area contributed by atoms with Gasteiger partial charge in [0.2, 0.25) is 15.9 Å². The van der Waals surface area contributed by atoms with E-state index in [-0.39, 0.29) is 11.7 Å². The zero-order valence-corrected chi connectivity index (χ0v) is 18.5. The Hall–Kier alpha value is -2.06. The molecule has 0 aromatic heterocycles. The molecule has 1 amide bonds. The van der Waals surface area contributed by atoms with Gasteiger partial charge in [0, 0.05) is 18.1 Å². The number of rotatable bonds is 10. The summed E-state index contributed by atoms with van der Waals surface area (Å²) >= 11 is 1.51. The number of amides is 1. The number of carbonyl (C=O) groups excluding carboxylic acids is 1. The number of hydrogen-bond donors (Lipinski definition) is 1. The smallest absolute Gasteiger partial charge is 0.243 e. The Morgan fingerprint density at radius 1 is 1.21 bits per heavy atom. The summed E-state index contributed by atoms with van der Waals surface area (Å²) in [5.74, 6) is 0.529. The molecule has 0 radical (unpaired) electrons. The molecule has 2 rings (SSSR count).